The average Bonchev–Trinajstić information content (AvgIpc) is 3.26. The van der Waals surface area contributed by atoms with Crippen LogP contribution in [-0.4, -0.2) is 37.6 Å². The van der Waals surface area contributed by atoms with Crippen molar-refractivity contribution in [2.45, 2.75) is 36.7 Å². The van der Waals surface area contributed by atoms with Gasteiger partial charge in [-0.25, -0.2) is 8.42 Å². The minimum absolute atomic E-state index is 0.0689. The Balaban J connectivity index is 1.42. The molecule has 8 heteroatoms. The highest BCUT2D eigenvalue weighted by Gasteiger charge is 2.33. The number of aliphatic imine (C=N–C) groups is 1. The Morgan fingerprint density at radius 2 is 2.04 bits per heavy atom. The van der Waals surface area contributed by atoms with E-state index in [1.54, 1.807) is 35.6 Å². The van der Waals surface area contributed by atoms with Gasteiger partial charge in [0.15, 0.2) is 0 Å². The van der Waals surface area contributed by atoms with Crippen molar-refractivity contribution in [2.24, 2.45) is 4.99 Å². The summed E-state index contributed by atoms with van der Waals surface area (Å²) in [6, 6.07) is 11.1. The minimum atomic E-state index is -3.53. The lowest BCUT2D eigenvalue weighted by molar-refractivity contribution is -0.132. The summed E-state index contributed by atoms with van der Waals surface area (Å²) in [6.45, 7) is 0.909. The summed E-state index contributed by atoms with van der Waals surface area (Å²) in [6.07, 6.45) is 2.38. The highest BCUT2D eigenvalue weighted by Crippen LogP contribution is 2.30. The Morgan fingerprint density at radius 3 is 2.77 bits per heavy atom. The molecule has 1 aromatic carbocycles. The van der Waals surface area contributed by atoms with Gasteiger partial charge in [-0.1, -0.05) is 18.2 Å². The van der Waals surface area contributed by atoms with E-state index in [0.717, 1.165) is 12.8 Å². The molecule has 0 unspecified atom stereocenters. The normalized spacial score (nSPS) is 19.2. The fourth-order valence-electron chi connectivity index (χ4n) is 3.04. The van der Waals surface area contributed by atoms with E-state index in [-0.39, 0.29) is 23.8 Å². The number of hydrogen-bond donors (Lipinski definition) is 1. The van der Waals surface area contributed by atoms with Crippen molar-refractivity contribution in [3.05, 3.63) is 52.2 Å². The van der Waals surface area contributed by atoms with Crippen LogP contribution in [0, 0.1) is 0 Å². The number of sulfonamides is 1. The Bertz CT molecular complexity index is 948. The number of hydrogen-bond acceptors (Lipinski definition) is 5. The van der Waals surface area contributed by atoms with Gasteiger partial charge in [-0.15, -0.1) is 11.3 Å². The predicted molar refractivity (Wildman–Crippen MR) is 101 cm³/mol. The van der Waals surface area contributed by atoms with Crippen LogP contribution in [0.25, 0.3) is 0 Å². The number of thiophene rings is 1. The first-order valence-electron chi connectivity index (χ1n) is 8.53. The van der Waals surface area contributed by atoms with Crippen molar-refractivity contribution in [2.75, 3.05) is 6.54 Å². The number of benzene rings is 1. The van der Waals surface area contributed by atoms with Gasteiger partial charge in [-0.2, -0.15) is 0 Å². The molecule has 0 radical (unpaired) electrons. The van der Waals surface area contributed by atoms with Crippen molar-refractivity contribution in [3.63, 3.8) is 0 Å². The molecule has 6 nitrogen and oxygen atoms in total. The van der Waals surface area contributed by atoms with Gasteiger partial charge in [-0.3, -0.25) is 14.5 Å². The molecule has 4 rings (SSSR count). The molecule has 0 saturated heterocycles. The third-order valence-electron chi connectivity index (χ3n) is 4.47. The third-order valence-corrected chi connectivity index (χ3v) is 6.73. The van der Waals surface area contributed by atoms with Crippen LogP contribution in [0.3, 0.4) is 0 Å². The molecule has 1 aliphatic heterocycles. The number of nitrogens with zero attached hydrogens (tertiary/aromatic N) is 2. The van der Waals surface area contributed by atoms with Crippen LogP contribution in [-0.2, 0) is 21.4 Å². The lowest BCUT2D eigenvalue weighted by Gasteiger charge is -2.21. The molecule has 1 amide bonds. The van der Waals surface area contributed by atoms with Crippen LogP contribution in [0.15, 0.2) is 51.7 Å². The van der Waals surface area contributed by atoms with Crippen molar-refractivity contribution in [1.82, 2.24) is 9.62 Å². The summed E-state index contributed by atoms with van der Waals surface area (Å²) in [4.78, 5) is 20.3. The Labute approximate surface area is 156 Å². The number of fused-ring (bicyclic) bond motifs is 1. The third kappa shape index (κ3) is 3.52. The molecule has 1 saturated carbocycles. The fourth-order valence-corrected chi connectivity index (χ4v) is 4.99. The highest BCUT2D eigenvalue weighted by atomic mass is 32.2. The van der Waals surface area contributed by atoms with Gasteiger partial charge in [0.05, 0.1) is 18.0 Å². The van der Waals surface area contributed by atoms with Crippen LogP contribution >= 0.6 is 11.3 Å². The predicted octanol–water partition coefficient (Wildman–Crippen LogP) is 2.37. The lowest BCUT2D eigenvalue weighted by Crippen LogP contribution is -2.32. The standard InChI is InChI=1S/C18H19N3O3S2/c22-17(21(13-7-8-13)12-14-4-3-11-25-14)9-10-19-18-15-5-1-2-6-16(15)26(23,24)20-18/h1-6,11,13H,7-10,12H2,(H,19,20). The van der Waals surface area contributed by atoms with E-state index in [1.807, 2.05) is 22.4 Å². The molecule has 2 aromatic rings. The molecule has 1 aromatic heterocycles. The first kappa shape index (κ1) is 17.2. The van der Waals surface area contributed by atoms with E-state index < -0.39 is 10.0 Å². The summed E-state index contributed by atoms with van der Waals surface area (Å²) in [5.41, 5.74) is 0.567. The molecule has 2 aliphatic rings. The molecule has 1 aliphatic carbocycles. The highest BCUT2D eigenvalue weighted by molar-refractivity contribution is 7.90. The van der Waals surface area contributed by atoms with Crippen molar-refractivity contribution in [1.29, 1.82) is 0 Å². The second-order valence-corrected chi connectivity index (χ2v) is 9.10. The van der Waals surface area contributed by atoms with E-state index in [4.69, 9.17) is 0 Å². The van der Waals surface area contributed by atoms with Gasteiger partial charge in [-0.05, 0) is 36.4 Å². The molecule has 136 valence electrons. The van der Waals surface area contributed by atoms with Crippen LogP contribution in [0.2, 0.25) is 0 Å². The van der Waals surface area contributed by atoms with E-state index in [0.29, 0.717) is 24.0 Å². The maximum atomic E-state index is 12.6. The molecule has 1 fully saturated rings. The number of rotatable bonds is 6. The second kappa shape index (κ2) is 6.85. The first-order valence-corrected chi connectivity index (χ1v) is 10.9. The van der Waals surface area contributed by atoms with Gasteiger partial charge in [0.25, 0.3) is 10.0 Å². The fraction of sp³-hybridized carbons (Fsp3) is 0.333. The molecule has 1 N–H and O–H groups in total. The van der Waals surface area contributed by atoms with Crippen LogP contribution in [0.4, 0.5) is 0 Å². The van der Waals surface area contributed by atoms with Gasteiger partial charge < -0.3 is 4.90 Å². The SMILES string of the molecule is O=C(CCN=C1NS(=O)(=O)c2ccccc21)N(Cc1cccs1)C1CC1. The molecule has 0 bridgehead atoms. The van der Waals surface area contributed by atoms with E-state index >= 15 is 0 Å². The summed E-state index contributed by atoms with van der Waals surface area (Å²) in [5, 5.41) is 2.01. The quantitative estimate of drug-likeness (QED) is 0.824. The average molecular weight is 390 g/mol. The second-order valence-electron chi connectivity index (χ2n) is 6.41. The maximum Gasteiger partial charge on any atom is 0.263 e. The van der Waals surface area contributed by atoms with Crippen molar-refractivity contribution >= 4 is 33.1 Å². The zero-order valence-electron chi connectivity index (χ0n) is 14.1. The maximum absolute atomic E-state index is 12.6. The molecular formula is C18H19N3O3S2. The zero-order valence-corrected chi connectivity index (χ0v) is 15.7. The number of amides is 1. The molecular weight excluding hydrogens is 370 g/mol. The Kier molecular flexibility index (Phi) is 4.54. The van der Waals surface area contributed by atoms with Gasteiger partial charge in [0.1, 0.15) is 5.84 Å². The first-order chi connectivity index (χ1) is 12.5. The van der Waals surface area contributed by atoms with E-state index in [9.17, 15) is 13.2 Å². The van der Waals surface area contributed by atoms with E-state index in [2.05, 4.69) is 9.71 Å². The van der Waals surface area contributed by atoms with Crippen molar-refractivity contribution in [3.8, 4) is 0 Å². The van der Waals surface area contributed by atoms with Gasteiger partial charge >= 0.3 is 0 Å². The molecule has 26 heavy (non-hydrogen) atoms. The largest absolute Gasteiger partial charge is 0.335 e. The van der Waals surface area contributed by atoms with Crippen LogP contribution < -0.4 is 4.72 Å². The van der Waals surface area contributed by atoms with Crippen LogP contribution in [0.1, 0.15) is 29.7 Å². The number of amidine groups is 1. The van der Waals surface area contributed by atoms with E-state index in [1.165, 1.54) is 4.88 Å². The number of carbonyl (C=O) groups excluding carboxylic acids is 1. The van der Waals surface area contributed by atoms with Gasteiger partial charge in [0, 0.05) is 22.9 Å². The Hall–Kier alpha value is -2.19. The smallest absolute Gasteiger partial charge is 0.263 e. The summed E-state index contributed by atoms with van der Waals surface area (Å²) in [5.74, 6) is 0.393. The summed E-state index contributed by atoms with van der Waals surface area (Å²) < 4.78 is 26.6. The van der Waals surface area contributed by atoms with Crippen molar-refractivity contribution < 1.29 is 13.2 Å². The number of nitrogens with one attached hydrogen (secondary N) is 1. The summed E-state index contributed by atoms with van der Waals surface area (Å²) in [7, 11) is -3.53. The monoisotopic (exact) mass is 389 g/mol. The minimum Gasteiger partial charge on any atom is -0.335 e. The molecule has 0 atom stereocenters. The van der Waals surface area contributed by atoms with Gasteiger partial charge in [0.2, 0.25) is 5.91 Å². The topological polar surface area (TPSA) is 78.8 Å². The summed E-state index contributed by atoms with van der Waals surface area (Å²) >= 11 is 1.65. The molecule has 2 heterocycles. The zero-order chi connectivity index (χ0) is 18.1. The Morgan fingerprint density at radius 1 is 1.23 bits per heavy atom. The lowest BCUT2D eigenvalue weighted by atomic mass is 10.2. The van der Waals surface area contributed by atoms with Crippen LogP contribution in [0.5, 0.6) is 0 Å². The molecule has 0 spiro atoms. The number of carbonyl (C=O) groups is 1.